The summed E-state index contributed by atoms with van der Waals surface area (Å²) >= 11 is 0. The van der Waals surface area contributed by atoms with E-state index in [-0.39, 0.29) is 22.7 Å². The molecule has 6 nitrogen and oxygen atoms in total. The molecule has 0 aliphatic heterocycles. The lowest BCUT2D eigenvalue weighted by Gasteiger charge is -2.11. The molecule has 0 N–H and O–H groups in total. The Labute approximate surface area is 192 Å². The molecule has 0 bridgehead atoms. The minimum Gasteiger partial charge on any atom is -0.423 e. The molecule has 0 radical (unpaired) electrons. The summed E-state index contributed by atoms with van der Waals surface area (Å²) in [4.78, 5) is 48.9. The Morgan fingerprint density at radius 1 is 0.606 bits per heavy atom. The van der Waals surface area contributed by atoms with Crippen molar-refractivity contribution in [3.63, 3.8) is 0 Å². The fourth-order valence-electron chi connectivity index (χ4n) is 3.23. The van der Waals surface area contributed by atoms with Gasteiger partial charge in [-0.1, -0.05) is 19.9 Å². The van der Waals surface area contributed by atoms with Gasteiger partial charge >= 0.3 is 11.9 Å². The summed E-state index contributed by atoms with van der Waals surface area (Å²) in [6.07, 6.45) is 0.782. The van der Waals surface area contributed by atoms with E-state index < -0.39 is 11.9 Å². The van der Waals surface area contributed by atoms with Crippen LogP contribution >= 0.6 is 0 Å². The maximum Gasteiger partial charge on any atom is 0.343 e. The molecule has 0 aromatic heterocycles. The van der Waals surface area contributed by atoms with Crippen molar-refractivity contribution in [3.8, 4) is 11.5 Å². The first-order valence-corrected chi connectivity index (χ1v) is 10.6. The molecule has 0 fully saturated rings. The number of benzene rings is 3. The second kappa shape index (κ2) is 10.5. The molecule has 0 aliphatic rings. The minimum atomic E-state index is -0.626. The molecule has 0 saturated carbocycles. The third kappa shape index (κ3) is 5.60. The Hall–Kier alpha value is -4.06. The van der Waals surface area contributed by atoms with Gasteiger partial charge < -0.3 is 9.47 Å². The van der Waals surface area contributed by atoms with Gasteiger partial charge in [-0.2, -0.15) is 0 Å². The highest BCUT2D eigenvalue weighted by Gasteiger charge is 2.19. The minimum absolute atomic E-state index is 0.00142. The summed E-state index contributed by atoms with van der Waals surface area (Å²) in [5.74, 6) is -0.662. The Morgan fingerprint density at radius 2 is 0.970 bits per heavy atom. The van der Waals surface area contributed by atoms with Crippen molar-refractivity contribution in [3.05, 3.63) is 94.5 Å². The number of ketones is 2. The first kappa shape index (κ1) is 23.6. The number of esters is 2. The highest BCUT2D eigenvalue weighted by atomic mass is 16.5. The predicted octanol–water partition coefficient (Wildman–Crippen LogP) is 5.62. The number of rotatable bonds is 8. The second-order valence-corrected chi connectivity index (χ2v) is 7.36. The summed E-state index contributed by atoms with van der Waals surface area (Å²) in [6, 6.07) is 17.4. The fraction of sp³-hybridized carbons (Fsp3) is 0.185. The molecule has 0 saturated heterocycles. The van der Waals surface area contributed by atoms with Crippen LogP contribution in [0.2, 0.25) is 0 Å². The summed E-state index contributed by atoms with van der Waals surface area (Å²) in [5, 5.41) is 0. The Bertz CT molecular complexity index is 1100. The van der Waals surface area contributed by atoms with Gasteiger partial charge in [0, 0.05) is 24.0 Å². The first-order valence-electron chi connectivity index (χ1n) is 10.6. The van der Waals surface area contributed by atoms with E-state index in [1.807, 2.05) is 0 Å². The van der Waals surface area contributed by atoms with Crippen molar-refractivity contribution in [1.29, 1.82) is 0 Å². The van der Waals surface area contributed by atoms with Crippen LogP contribution in [0.25, 0.3) is 0 Å². The van der Waals surface area contributed by atoms with Crippen molar-refractivity contribution in [1.82, 2.24) is 0 Å². The fourth-order valence-corrected chi connectivity index (χ4v) is 3.23. The molecule has 6 heteroatoms. The van der Waals surface area contributed by atoms with Crippen LogP contribution in [-0.4, -0.2) is 23.5 Å². The van der Waals surface area contributed by atoms with Crippen LogP contribution < -0.4 is 9.47 Å². The van der Waals surface area contributed by atoms with Crippen LogP contribution in [0.1, 0.15) is 73.7 Å². The molecule has 3 rings (SSSR count). The van der Waals surface area contributed by atoms with E-state index in [1.165, 1.54) is 0 Å². The molecule has 3 aromatic rings. The summed E-state index contributed by atoms with van der Waals surface area (Å²) in [5.41, 5.74) is 1.96. The number of ether oxygens (including phenoxy) is 2. The summed E-state index contributed by atoms with van der Waals surface area (Å²) in [7, 11) is 0. The van der Waals surface area contributed by atoms with E-state index in [2.05, 4.69) is 0 Å². The lowest BCUT2D eigenvalue weighted by Crippen LogP contribution is -2.15. The van der Waals surface area contributed by atoms with Crippen LogP contribution in [0.15, 0.2) is 66.7 Å². The van der Waals surface area contributed by atoms with Gasteiger partial charge in [0.05, 0.1) is 11.1 Å². The zero-order valence-corrected chi connectivity index (χ0v) is 18.7. The van der Waals surface area contributed by atoms with E-state index in [0.717, 1.165) is 0 Å². The SMILES string of the molecule is CCC(=O)c1ccc(OC(=O)c2cccc(C(=O)Oc3ccc(C(=O)CC)cc3)c2C)cc1. The average Bonchev–Trinajstić information content (AvgIpc) is 2.84. The smallest absolute Gasteiger partial charge is 0.343 e. The number of carbonyl (C=O) groups is 4. The normalized spacial score (nSPS) is 10.4. The summed E-state index contributed by atoms with van der Waals surface area (Å²) < 4.78 is 10.8. The van der Waals surface area contributed by atoms with Gasteiger partial charge in [-0.15, -0.1) is 0 Å². The van der Waals surface area contributed by atoms with Gasteiger partial charge in [0.1, 0.15) is 11.5 Å². The second-order valence-electron chi connectivity index (χ2n) is 7.36. The standard InChI is InChI=1S/C27H24O6/c1-4-24(28)18-9-13-20(14-10-18)32-26(30)22-7-6-8-23(17(22)3)27(31)33-21-15-11-19(12-16-21)25(29)5-2/h6-16H,4-5H2,1-3H3. The molecule has 33 heavy (non-hydrogen) atoms. The quantitative estimate of drug-likeness (QED) is 0.255. The molecule has 0 atom stereocenters. The highest BCUT2D eigenvalue weighted by Crippen LogP contribution is 2.21. The van der Waals surface area contributed by atoms with Gasteiger partial charge in [-0.05, 0) is 73.2 Å². The largest absolute Gasteiger partial charge is 0.423 e. The van der Waals surface area contributed by atoms with E-state index in [4.69, 9.17) is 9.47 Å². The van der Waals surface area contributed by atoms with Gasteiger partial charge in [-0.3, -0.25) is 9.59 Å². The van der Waals surface area contributed by atoms with Crippen LogP contribution in [0.5, 0.6) is 11.5 Å². The number of carbonyl (C=O) groups excluding carboxylic acids is 4. The molecular formula is C27H24O6. The van der Waals surface area contributed by atoms with Crippen LogP contribution in [-0.2, 0) is 0 Å². The van der Waals surface area contributed by atoms with Gasteiger partial charge in [0.2, 0.25) is 0 Å². The number of hydrogen-bond donors (Lipinski definition) is 0. The maximum atomic E-state index is 12.7. The highest BCUT2D eigenvalue weighted by molar-refractivity contribution is 6.00. The molecule has 0 amide bonds. The lowest BCUT2D eigenvalue weighted by atomic mass is 10.0. The summed E-state index contributed by atoms with van der Waals surface area (Å²) in [6.45, 7) is 5.19. The van der Waals surface area contributed by atoms with Crippen molar-refractivity contribution >= 4 is 23.5 Å². The van der Waals surface area contributed by atoms with Crippen molar-refractivity contribution < 1.29 is 28.7 Å². The molecule has 0 spiro atoms. The van der Waals surface area contributed by atoms with Crippen molar-refractivity contribution in [2.75, 3.05) is 0 Å². The van der Waals surface area contributed by atoms with E-state index in [1.54, 1.807) is 87.5 Å². The predicted molar refractivity (Wildman–Crippen MR) is 123 cm³/mol. The van der Waals surface area contributed by atoms with Gasteiger partial charge in [-0.25, -0.2) is 9.59 Å². The number of hydrogen-bond acceptors (Lipinski definition) is 6. The molecule has 0 aliphatic carbocycles. The average molecular weight is 444 g/mol. The first-order chi connectivity index (χ1) is 15.8. The van der Waals surface area contributed by atoms with Crippen LogP contribution in [0, 0.1) is 6.92 Å². The van der Waals surface area contributed by atoms with Crippen molar-refractivity contribution in [2.24, 2.45) is 0 Å². The Morgan fingerprint density at radius 3 is 1.30 bits per heavy atom. The molecule has 0 heterocycles. The molecule has 168 valence electrons. The maximum absolute atomic E-state index is 12.7. The van der Waals surface area contributed by atoms with E-state index in [9.17, 15) is 19.2 Å². The third-order valence-corrected chi connectivity index (χ3v) is 5.19. The molecule has 0 unspecified atom stereocenters. The Kier molecular flexibility index (Phi) is 7.51. The van der Waals surface area contributed by atoms with E-state index in [0.29, 0.717) is 41.0 Å². The van der Waals surface area contributed by atoms with Crippen LogP contribution in [0.3, 0.4) is 0 Å². The van der Waals surface area contributed by atoms with Gasteiger partial charge in [0.25, 0.3) is 0 Å². The van der Waals surface area contributed by atoms with Crippen molar-refractivity contribution in [2.45, 2.75) is 33.6 Å². The molecule has 3 aromatic carbocycles. The zero-order valence-electron chi connectivity index (χ0n) is 18.7. The molecular weight excluding hydrogens is 420 g/mol. The van der Waals surface area contributed by atoms with Crippen LogP contribution in [0.4, 0.5) is 0 Å². The monoisotopic (exact) mass is 444 g/mol. The topological polar surface area (TPSA) is 86.7 Å². The Balaban J connectivity index is 1.74. The van der Waals surface area contributed by atoms with Gasteiger partial charge in [0.15, 0.2) is 11.6 Å². The zero-order chi connectivity index (χ0) is 24.0. The number of Topliss-reactive ketones (excluding diaryl/α,β-unsaturated/α-hetero) is 2. The van der Waals surface area contributed by atoms with E-state index >= 15 is 0 Å². The third-order valence-electron chi connectivity index (χ3n) is 5.19. The lowest BCUT2D eigenvalue weighted by molar-refractivity contribution is 0.0733.